The molecule has 0 aliphatic rings. The molecule has 20 heavy (non-hydrogen) atoms. The van der Waals surface area contributed by atoms with Gasteiger partial charge in [0.2, 0.25) is 5.88 Å². The zero-order valence-electron chi connectivity index (χ0n) is 11.3. The largest absolute Gasteiger partial charge is 0.478 e. The van der Waals surface area contributed by atoms with Crippen molar-refractivity contribution in [3.8, 4) is 5.88 Å². The van der Waals surface area contributed by atoms with Gasteiger partial charge in [-0.15, -0.1) is 0 Å². The van der Waals surface area contributed by atoms with Crippen molar-refractivity contribution in [3.63, 3.8) is 0 Å². The first-order valence-electron chi connectivity index (χ1n) is 6.47. The van der Waals surface area contributed by atoms with Crippen LogP contribution >= 0.6 is 11.6 Å². The second-order valence-corrected chi connectivity index (χ2v) is 4.77. The second-order valence-electron chi connectivity index (χ2n) is 4.36. The molecule has 1 aromatic rings. The van der Waals surface area contributed by atoms with E-state index in [1.807, 2.05) is 0 Å². The SMILES string of the molecule is CCCNCc1cc(OCCCC(F)(F)F)ncc1Cl. The number of aromatic nitrogens is 1. The van der Waals surface area contributed by atoms with Crippen molar-refractivity contribution in [1.29, 1.82) is 0 Å². The lowest BCUT2D eigenvalue weighted by molar-refractivity contribution is -0.136. The highest BCUT2D eigenvalue weighted by Gasteiger charge is 2.26. The van der Waals surface area contributed by atoms with Crippen LogP contribution in [-0.2, 0) is 6.54 Å². The molecule has 0 aliphatic carbocycles. The zero-order chi connectivity index (χ0) is 15.0. The van der Waals surface area contributed by atoms with Gasteiger partial charge in [-0.05, 0) is 24.9 Å². The van der Waals surface area contributed by atoms with Gasteiger partial charge >= 0.3 is 6.18 Å². The average molecular weight is 311 g/mol. The molecule has 3 nitrogen and oxygen atoms in total. The molecule has 0 aromatic carbocycles. The minimum Gasteiger partial charge on any atom is -0.478 e. The van der Waals surface area contributed by atoms with E-state index in [0.717, 1.165) is 18.5 Å². The van der Waals surface area contributed by atoms with Gasteiger partial charge in [-0.25, -0.2) is 4.98 Å². The predicted molar refractivity (Wildman–Crippen MR) is 72.0 cm³/mol. The molecule has 0 saturated heterocycles. The lowest BCUT2D eigenvalue weighted by Gasteiger charge is -2.10. The number of halogens is 4. The highest BCUT2D eigenvalue weighted by atomic mass is 35.5. The summed E-state index contributed by atoms with van der Waals surface area (Å²) in [6.07, 6.45) is -2.64. The van der Waals surface area contributed by atoms with Crippen LogP contribution in [0.15, 0.2) is 12.3 Å². The first kappa shape index (κ1) is 17.0. The predicted octanol–water partition coefficient (Wildman–Crippen LogP) is 3.96. The Balaban J connectivity index is 2.44. The van der Waals surface area contributed by atoms with Crippen molar-refractivity contribution in [2.45, 2.75) is 38.9 Å². The number of alkyl halides is 3. The van der Waals surface area contributed by atoms with Crippen LogP contribution in [0.2, 0.25) is 5.02 Å². The number of hydrogen-bond acceptors (Lipinski definition) is 3. The van der Waals surface area contributed by atoms with Crippen molar-refractivity contribution in [1.82, 2.24) is 10.3 Å². The van der Waals surface area contributed by atoms with Crippen molar-refractivity contribution in [3.05, 3.63) is 22.8 Å². The summed E-state index contributed by atoms with van der Waals surface area (Å²) in [5, 5.41) is 3.70. The monoisotopic (exact) mass is 310 g/mol. The van der Waals surface area contributed by atoms with Crippen LogP contribution in [0, 0.1) is 0 Å². The summed E-state index contributed by atoms with van der Waals surface area (Å²) in [6.45, 7) is 3.47. The van der Waals surface area contributed by atoms with Gasteiger partial charge in [0.25, 0.3) is 0 Å². The van der Waals surface area contributed by atoms with Gasteiger partial charge in [0.05, 0.1) is 11.6 Å². The van der Waals surface area contributed by atoms with Gasteiger partial charge < -0.3 is 10.1 Å². The summed E-state index contributed by atoms with van der Waals surface area (Å²) in [6, 6.07) is 1.65. The fourth-order valence-corrected chi connectivity index (χ4v) is 1.69. The molecule has 0 saturated carbocycles. The number of nitrogens with one attached hydrogen (secondary N) is 1. The quantitative estimate of drug-likeness (QED) is 0.738. The van der Waals surface area contributed by atoms with Gasteiger partial charge in [0.15, 0.2) is 0 Å². The third kappa shape index (κ3) is 6.96. The van der Waals surface area contributed by atoms with Crippen LogP contribution in [0.25, 0.3) is 0 Å². The van der Waals surface area contributed by atoms with Crippen molar-refractivity contribution in [2.24, 2.45) is 0 Å². The zero-order valence-corrected chi connectivity index (χ0v) is 12.0. The highest BCUT2D eigenvalue weighted by Crippen LogP contribution is 2.22. The van der Waals surface area contributed by atoms with E-state index in [2.05, 4.69) is 17.2 Å². The molecule has 0 radical (unpaired) electrons. The van der Waals surface area contributed by atoms with E-state index >= 15 is 0 Å². The van der Waals surface area contributed by atoms with E-state index in [1.165, 1.54) is 6.20 Å². The van der Waals surface area contributed by atoms with E-state index in [-0.39, 0.29) is 13.0 Å². The molecule has 0 unspecified atom stereocenters. The van der Waals surface area contributed by atoms with Crippen LogP contribution in [0.3, 0.4) is 0 Å². The summed E-state index contributed by atoms with van der Waals surface area (Å²) < 4.78 is 41.1. The lowest BCUT2D eigenvalue weighted by Crippen LogP contribution is -2.14. The standard InChI is InChI=1S/C13H18ClF3N2O/c1-2-5-18-8-10-7-12(19-9-11(10)14)20-6-3-4-13(15,16)17/h7,9,18H,2-6,8H2,1H3. The number of rotatable bonds is 8. The Hall–Kier alpha value is -1.01. The van der Waals surface area contributed by atoms with E-state index < -0.39 is 12.6 Å². The van der Waals surface area contributed by atoms with Crippen molar-refractivity contribution in [2.75, 3.05) is 13.2 Å². The fourth-order valence-electron chi connectivity index (χ4n) is 1.52. The van der Waals surface area contributed by atoms with Gasteiger partial charge in [0.1, 0.15) is 0 Å². The third-order valence-electron chi connectivity index (χ3n) is 2.51. The Kier molecular flexibility index (Phi) is 7.09. The lowest BCUT2D eigenvalue weighted by atomic mass is 10.2. The number of ether oxygens (including phenoxy) is 1. The van der Waals surface area contributed by atoms with Gasteiger partial charge in [-0.2, -0.15) is 13.2 Å². The first-order chi connectivity index (χ1) is 9.42. The topological polar surface area (TPSA) is 34.1 Å². The molecule has 1 aromatic heterocycles. The molecule has 0 atom stereocenters. The summed E-state index contributed by atoms with van der Waals surface area (Å²) in [7, 11) is 0. The second kappa shape index (κ2) is 8.32. The fraction of sp³-hybridized carbons (Fsp3) is 0.615. The van der Waals surface area contributed by atoms with Gasteiger partial charge in [0, 0.05) is 25.2 Å². The molecule has 0 bridgehead atoms. The van der Waals surface area contributed by atoms with Crippen LogP contribution < -0.4 is 10.1 Å². The summed E-state index contributed by atoms with van der Waals surface area (Å²) >= 11 is 5.99. The maximum Gasteiger partial charge on any atom is 0.389 e. The summed E-state index contributed by atoms with van der Waals surface area (Å²) in [5.41, 5.74) is 0.820. The molecule has 114 valence electrons. The van der Waals surface area contributed by atoms with E-state index in [4.69, 9.17) is 16.3 Å². The summed E-state index contributed by atoms with van der Waals surface area (Å²) in [4.78, 5) is 3.94. The van der Waals surface area contributed by atoms with Crippen LogP contribution in [0.5, 0.6) is 5.88 Å². The maximum absolute atomic E-state index is 12.0. The molecular formula is C13H18ClF3N2O. The maximum atomic E-state index is 12.0. The van der Waals surface area contributed by atoms with Crippen LogP contribution in [0.1, 0.15) is 31.7 Å². The smallest absolute Gasteiger partial charge is 0.389 e. The third-order valence-corrected chi connectivity index (χ3v) is 2.85. The van der Waals surface area contributed by atoms with E-state index in [9.17, 15) is 13.2 Å². The van der Waals surface area contributed by atoms with Crippen LogP contribution in [-0.4, -0.2) is 24.3 Å². The normalized spacial score (nSPS) is 11.7. The average Bonchev–Trinajstić information content (AvgIpc) is 2.37. The summed E-state index contributed by atoms with van der Waals surface area (Å²) in [5.74, 6) is 0.296. The Morgan fingerprint density at radius 1 is 1.40 bits per heavy atom. The molecule has 1 N–H and O–H groups in total. The van der Waals surface area contributed by atoms with Crippen molar-refractivity contribution < 1.29 is 17.9 Å². The Labute approximate surface area is 121 Å². The van der Waals surface area contributed by atoms with Crippen molar-refractivity contribution >= 4 is 11.6 Å². The molecular weight excluding hydrogens is 293 g/mol. The molecule has 1 rings (SSSR count). The van der Waals surface area contributed by atoms with Crippen LogP contribution in [0.4, 0.5) is 13.2 Å². The molecule has 0 aliphatic heterocycles. The molecule has 0 fully saturated rings. The van der Waals surface area contributed by atoms with Gasteiger partial charge in [-0.1, -0.05) is 18.5 Å². The molecule has 7 heteroatoms. The van der Waals surface area contributed by atoms with E-state index in [0.29, 0.717) is 17.4 Å². The first-order valence-corrected chi connectivity index (χ1v) is 6.85. The number of nitrogens with zero attached hydrogens (tertiary/aromatic N) is 1. The van der Waals surface area contributed by atoms with Gasteiger partial charge in [-0.3, -0.25) is 0 Å². The molecule has 1 heterocycles. The molecule has 0 spiro atoms. The minimum atomic E-state index is -4.15. The number of hydrogen-bond donors (Lipinski definition) is 1. The highest BCUT2D eigenvalue weighted by molar-refractivity contribution is 6.31. The number of pyridine rings is 1. The minimum absolute atomic E-state index is 0.0179. The Morgan fingerprint density at radius 2 is 2.15 bits per heavy atom. The Bertz CT molecular complexity index is 413. The van der Waals surface area contributed by atoms with E-state index in [1.54, 1.807) is 6.07 Å². The Morgan fingerprint density at radius 3 is 2.80 bits per heavy atom. The molecule has 0 amide bonds.